The van der Waals surface area contributed by atoms with Crippen LogP contribution in [0.5, 0.6) is 11.5 Å². The van der Waals surface area contributed by atoms with Crippen molar-refractivity contribution in [3.63, 3.8) is 0 Å². The first-order valence-corrected chi connectivity index (χ1v) is 7.25. The van der Waals surface area contributed by atoms with Crippen molar-refractivity contribution in [2.24, 2.45) is 0 Å². The lowest BCUT2D eigenvalue weighted by molar-refractivity contribution is 0.0825. The molecule has 0 amide bonds. The molecule has 0 aliphatic rings. The largest absolute Gasteiger partial charge is 0.493 e. The highest BCUT2D eigenvalue weighted by molar-refractivity contribution is 5.46. The zero-order valence-electron chi connectivity index (χ0n) is 13.5. The van der Waals surface area contributed by atoms with Crippen molar-refractivity contribution in [2.75, 3.05) is 41.0 Å². The van der Waals surface area contributed by atoms with Gasteiger partial charge in [-0.2, -0.15) is 0 Å². The maximum atomic E-state index is 9.89. The van der Waals surface area contributed by atoms with Crippen LogP contribution in [0.1, 0.15) is 18.9 Å². The average Bonchev–Trinajstić information content (AvgIpc) is 2.51. The van der Waals surface area contributed by atoms with Crippen LogP contribution in [0.15, 0.2) is 18.2 Å². The van der Waals surface area contributed by atoms with Gasteiger partial charge in [-0.05, 0) is 12.5 Å². The number of hydrogen-bond acceptors (Lipinski definition) is 5. The van der Waals surface area contributed by atoms with E-state index in [2.05, 4.69) is 4.90 Å². The Labute approximate surface area is 127 Å². The standard InChI is InChI=1S/C16H27NO4/c1-5-14(18)12-17(9-10-19-2)11-13-7-6-8-15(20-3)16(13)21-4/h6-8,14,18H,5,9-12H2,1-4H3/t14-/m1/s1. The van der Waals surface area contributed by atoms with E-state index in [4.69, 9.17) is 14.2 Å². The van der Waals surface area contributed by atoms with E-state index in [0.29, 0.717) is 19.7 Å². The van der Waals surface area contributed by atoms with Crippen molar-refractivity contribution in [1.29, 1.82) is 0 Å². The van der Waals surface area contributed by atoms with E-state index in [1.54, 1.807) is 21.3 Å². The lowest BCUT2D eigenvalue weighted by atomic mass is 10.1. The monoisotopic (exact) mass is 297 g/mol. The molecule has 5 nitrogen and oxygen atoms in total. The molecule has 5 heteroatoms. The van der Waals surface area contributed by atoms with Gasteiger partial charge in [-0.1, -0.05) is 19.1 Å². The molecule has 0 saturated heterocycles. The number of aliphatic hydroxyl groups is 1. The Morgan fingerprint density at radius 3 is 2.52 bits per heavy atom. The van der Waals surface area contributed by atoms with Crippen molar-refractivity contribution in [3.8, 4) is 11.5 Å². The highest BCUT2D eigenvalue weighted by atomic mass is 16.5. The molecule has 0 aliphatic heterocycles. The molecule has 120 valence electrons. The highest BCUT2D eigenvalue weighted by Gasteiger charge is 2.15. The molecule has 1 aromatic carbocycles. The third-order valence-electron chi connectivity index (χ3n) is 3.43. The summed E-state index contributed by atoms with van der Waals surface area (Å²) in [4.78, 5) is 2.16. The molecule has 1 atom stereocenters. The Hall–Kier alpha value is -1.30. The number of nitrogens with zero attached hydrogens (tertiary/aromatic N) is 1. The fraction of sp³-hybridized carbons (Fsp3) is 0.625. The predicted octanol–water partition coefficient (Wildman–Crippen LogP) is 1.92. The number of hydrogen-bond donors (Lipinski definition) is 1. The molecule has 0 aliphatic carbocycles. The van der Waals surface area contributed by atoms with Crippen molar-refractivity contribution in [1.82, 2.24) is 4.90 Å². The summed E-state index contributed by atoms with van der Waals surface area (Å²) in [5.74, 6) is 1.46. The van der Waals surface area contributed by atoms with Crippen molar-refractivity contribution < 1.29 is 19.3 Å². The van der Waals surface area contributed by atoms with Gasteiger partial charge in [0.05, 0.1) is 26.9 Å². The zero-order valence-corrected chi connectivity index (χ0v) is 13.5. The molecule has 0 aromatic heterocycles. The number of aliphatic hydroxyl groups excluding tert-OH is 1. The van der Waals surface area contributed by atoms with Gasteiger partial charge in [0, 0.05) is 32.3 Å². The predicted molar refractivity (Wildman–Crippen MR) is 83.0 cm³/mol. The Morgan fingerprint density at radius 1 is 1.19 bits per heavy atom. The second kappa shape index (κ2) is 9.60. The Bertz CT molecular complexity index is 411. The minimum absolute atomic E-state index is 0.335. The average molecular weight is 297 g/mol. The number of ether oxygens (including phenoxy) is 3. The van der Waals surface area contributed by atoms with Gasteiger partial charge in [-0.15, -0.1) is 0 Å². The molecule has 0 bridgehead atoms. The molecular weight excluding hydrogens is 270 g/mol. The van der Waals surface area contributed by atoms with E-state index in [1.165, 1.54) is 0 Å². The minimum atomic E-state index is -0.335. The first-order chi connectivity index (χ1) is 10.2. The van der Waals surface area contributed by atoms with Gasteiger partial charge in [-0.3, -0.25) is 4.90 Å². The van der Waals surface area contributed by atoms with Crippen LogP contribution in [-0.2, 0) is 11.3 Å². The number of rotatable bonds is 10. The summed E-state index contributed by atoms with van der Waals surface area (Å²) >= 11 is 0. The van der Waals surface area contributed by atoms with Crippen LogP contribution in [0.4, 0.5) is 0 Å². The summed E-state index contributed by atoms with van der Waals surface area (Å²) in [6.07, 6.45) is 0.400. The molecular formula is C16H27NO4. The van der Waals surface area contributed by atoms with Gasteiger partial charge in [0.2, 0.25) is 0 Å². The lowest BCUT2D eigenvalue weighted by Crippen LogP contribution is -2.34. The van der Waals surface area contributed by atoms with Crippen LogP contribution >= 0.6 is 0 Å². The van der Waals surface area contributed by atoms with Gasteiger partial charge in [0.15, 0.2) is 11.5 Å². The molecule has 1 N–H and O–H groups in total. The van der Waals surface area contributed by atoms with Gasteiger partial charge in [0.25, 0.3) is 0 Å². The molecule has 1 aromatic rings. The van der Waals surface area contributed by atoms with Gasteiger partial charge >= 0.3 is 0 Å². The molecule has 1 rings (SSSR count). The first-order valence-electron chi connectivity index (χ1n) is 7.25. The zero-order chi connectivity index (χ0) is 15.7. The fourth-order valence-electron chi connectivity index (χ4n) is 2.20. The number of methoxy groups -OCH3 is 3. The lowest BCUT2D eigenvalue weighted by Gasteiger charge is -2.25. The Morgan fingerprint density at radius 2 is 1.95 bits per heavy atom. The minimum Gasteiger partial charge on any atom is -0.493 e. The van der Waals surface area contributed by atoms with Crippen LogP contribution in [0, 0.1) is 0 Å². The van der Waals surface area contributed by atoms with Crippen molar-refractivity contribution >= 4 is 0 Å². The molecule has 0 saturated carbocycles. The second-order valence-electron chi connectivity index (χ2n) is 4.94. The molecule has 0 radical (unpaired) electrons. The summed E-state index contributed by atoms with van der Waals surface area (Å²) in [7, 11) is 4.95. The highest BCUT2D eigenvalue weighted by Crippen LogP contribution is 2.31. The van der Waals surface area contributed by atoms with Crippen LogP contribution in [0.25, 0.3) is 0 Å². The Balaban J connectivity index is 2.86. The van der Waals surface area contributed by atoms with E-state index >= 15 is 0 Å². The maximum Gasteiger partial charge on any atom is 0.165 e. The van der Waals surface area contributed by atoms with Crippen LogP contribution in [-0.4, -0.2) is 57.1 Å². The summed E-state index contributed by atoms with van der Waals surface area (Å²) < 4.78 is 15.9. The SMILES string of the molecule is CC[C@@H](O)CN(CCOC)Cc1cccc(OC)c1OC. The number of benzene rings is 1. The smallest absolute Gasteiger partial charge is 0.165 e. The molecule has 0 spiro atoms. The van der Waals surface area contributed by atoms with Gasteiger partial charge < -0.3 is 19.3 Å². The third-order valence-corrected chi connectivity index (χ3v) is 3.43. The molecule has 0 unspecified atom stereocenters. The van der Waals surface area contributed by atoms with Gasteiger partial charge in [0.1, 0.15) is 0 Å². The normalized spacial score (nSPS) is 12.5. The van der Waals surface area contributed by atoms with Crippen molar-refractivity contribution in [3.05, 3.63) is 23.8 Å². The topological polar surface area (TPSA) is 51.2 Å². The Kier molecular flexibility index (Phi) is 8.12. The van der Waals surface area contributed by atoms with E-state index in [-0.39, 0.29) is 6.10 Å². The summed E-state index contributed by atoms with van der Waals surface area (Å²) in [6.45, 7) is 4.66. The van der Waals surface area contributed by atoms with Crippen LogP contribution in [0.3, 0.4) is 0 Å². The summed E-state index contributed by atoms with van der Waals surface area (Å²) in [5, 5.41) is 9.89. The van der Waals surface area contributed by atoms with Gasteiger partial charge in [-0.25, -0.2) is 0 Å². The molecule has 0 fully saturated rings. The number of para-hydroxylation sites is 1. The van der Waals surface area contributed by atoms with Crippen LogP contribution < -0.4 is 9.47 Å². The van der Waals surface area contributed by atoms with E-state index in [0.717, 1.165) is 30.0 Å². The van der Waals surface area contributed by atoms with Crippen molar-refractivity contribution in [2.45, 2.75) is 26.0 Å². The van der Waals surface area contributed by atoms with E-state index in [1.807, 2.05) is 25.1 Å². The van der Waals surface area contributed by atoms with Crippen LogP contribution in [0.2, 0.25) is 0 Å². The summed E-state index contributed by atoms with van der Waals surface area (Å²) in [5.41, 5.74) is 1.04. The fourth-order valence-corrected chi connectivity index (χ4v) is 2.20. The summed E-state index contributed by atoms with van der Waals surface area (Å²) in [6, 6.07) is 5.84. The second-order valence-corrected chi connectivity index (χ2v) is 4.94. The maximum absolute atomic E-state index is 9.89. The van der Waals surface area contributed by atoms with E-state index < -0.39 is 0 Å². The first kappa shape index (κ1) is 17.8. The molecule has 21 heavy (non-hydrogen) atoms. The quantitative estimate of drug-likeness (QED) is 0.715. The van der Waals surface area contributed by atoms with E-state index in [9.17, 15) is 5.11 Å². The third kappa shape index (κ3) is 5.53. The molecule has 0 heterocycles.